The summed E-state index contributed by atoms with van der Waals surface area (Å²) in [6.45, 7) is -2.91. The molecule has 0 aliphatic heterocycles. The van der Waals surface area contributed by atoms with Crippen LogP contribution < -0.4 is 0 Å². The third-order valence-electron chi connectivity index (χ3n) is 2.94. The van der Waals surface area contributed by atoms with Crippen molar-refractivity contribution >= 4 is 0 Å². The molecule has 5 nitrogen and oxygen atoms in total. The number of alkyl halides is 5. The van der Waals surface area contributed by atoms with Gasteiger partial charge in [0.1, 0.15) is 5.69 Å². The highest BCUT2D eigenvalue weighted by Gasteiger charge is 2.31. The molecule has 2 heterocycles. The SMILES string of the molecule is FC(F)n1nccc1-c1nnc(-c2cccc(C(F)(F)F)c2)o1. The second kappa shape index (κ2) is 5.45. The Bertz CT molecular complexity index is 824. The normalized spacial score (nSPS) is 12.1. The summed E-state index contributed by atoms with van der Waals surface area (Å²) in [4.78, 5) is 0. The Morgan fingerprint density at radius 3 is 2.48 bits per heavy atom. The summed E-state index contributed by atoms with van der Waals surface area (Å²) in [5, 5.41) is 10.6. The van der Waals surface area contributed by atoms with E-state index in [0.29, 0.717) is 4.68 Å². The molecule has 0 aliphatic rings. The average Bonchev–Trinajstić information content (AvgIpc) is 3.15. The van der Waals surface area contributed by atoms with Crippen LogP contribution in [0, 0.1) is 0 Å². The molecule has 0 bridgehead atoms. The molecule has 0 unspecified atom stereocenters. The van der Waals surface area contributed by atoms with Gasteiger partial charge in [-0.15, -0.1) is 10.2 Å². The maximum Gasteiger partial charge on any atom is 0.416 e. The van der Waals surface area contributed by atoms with Crippen LogP contribution in [0.25, 0.3) is 23.0 Å². The Hall–Kier alpha value is -2.78. The number of hydrogen-bond acceptors (Lipinski definition) is 4. The second-order valence-electron chi connectivity index (χ2n) is 4.43. The zero-order valence-electron chi connectivity index (χ0n) is 11.1. The maximum absolute atomic E-state index is 12.7. The van der Waals surface area contributed by atoms with Gasteiger partial charge in [-0.3, -0.25) is 0 Å². The van der Waals surface area contributed by atoms with Gasteiger partial charge >= 0.3 is 12.7 Å². The number of halogens is 5. The predicted molar refractivity (Wildman–Crippen MR) is 67.2 cm³/mol. The van der Waals surface area contributed by atoms with Crippen LogP contribution in [-0.4, -0.2) is 20.0 Å². The highest BCUT2D eigenvalue weighted by atomic mass is 19.4. The first kappa shape index (κ1) is 15.1. The van der Waals surface area contributed by atoms with Crippen LogP contribution in [0.5, 0.6) is 0 Å². The molecule has 0 amide bonds. The molecule has 0 fully saturated rings. The molecule has 10 heteroatoms. The standard InChI is InChI=1S/C13H7F5N4O/c14-12(15)22-9(4-5-19-22)11-21-20-10(23-11)7-2-1-3-8(6-7)13(16,17)18/h1-6,12H. The lowest BCUT2D eigenvalue weighted by Gasteiger charge is -2.06. The van der Waals surface area contributed by atoms with Crippen molar-refractivity contribution in [2.75, 3.05) is 0 Å². The molecule has 120 valence electrons. The van der Waals surface area contributed by atoms with Gasteiger partial charge in [-0.1, -0.05) is 6.07 Å². The molecule has 3 rings (SSSR count). The maximum atomic E-state index is 12.7. The molecule has 0 radical (unpaired) electrons. The summed E-state index contributed by atoms with van der Waals surface area (Å²) in [7, 11) is 0. The Labute approximate surface area is 125 Å². The molecule has 1 aromatic carbocycles. The molecular weight excluding hydrogens is 323 g/mol. The molecule has 0 spiro atoms. The van der Waals surface area contributed by atoms with Gasteiger partial charge in [-0.05, 0) is 24.3 Å². The number of benzene rings is 1. The van der Waals surface area contributed by atoms with E-state index in [1.54, 1.807) is 0 Å². The van der Waals surface area contributed by atoms with Gasteiger partial charge in [-0.2, -0.15) is 31.7 Å². The van der Waals surface area contributed by atoms with Crippen molar-refractivity contribution in [1.82, 2.24) is 20.0 Å². The van der Waals surface area contributed by atoms with Crippen LogP contribution in [0.15, 0.2) is 40.9 Å². The second-order valence-corrected chi connectivity index (χ2v) is 4.43. The molecule has 0 N–H and O–H groups in total. The van der Waals surface area contributed by atoms with E-state index in [1.165, 1.54) is 18.2 Å². The van der Waals surface area contributed by atoms with E-state index >= 15 is 0 Å². The lowest BCUT2D eigenvalue weighted by molar-refractivity contribution is -0.137. The minimum atomic E-state index is -4.52. The first-order valence-corrected chi connectivity index (χ1v) is 6.19. The van der Waals surface area contributed by atoms with Crippen LogP contribution in [0.2, 0.25) is 0 Å². The molecule has 0 saturated heterocycles. The summed E-state index contributed by atoms with van der Waals surface area (Å²) >= 11 is 0. The van der Waals surface area contributed by atoms with Crippen molar-refractivity contribution in [1.29, 1.82) is 0 Å². The Balaban J connectivity index is 1.98. The van der Waals surface area contributed by atoms with Crippen molar-refractivity contribution in [2.24, 2.45) is 0 Å². The lowest BCUT2D eigenvalue weighted by Crippen LogP contribution is -2.04. The van der Waals surface area contributed by atoms with E-state index < -0.39 is 18.3 Å². The number of aromatic nitrogens is 4. The summed E-state index contributed by atoms with van der Waals surface area (Å²) in [6.07, 6.45) is -3.40. The highest BCUT2D eigenvalue weighted by molar-refractivity contribution is 5.57. The van der Waals surface area contributed by atoms with E-state index in [1.807, 2.05) is 0 Å². The smallest absolute Gasteiger partial charge is 0.415 e. The zero-order valence-corrected chi connectivity index (χ0v) is 11.1. The first-order valence-electron chi connectivity index (χ1n) is 6.19. The van der Waals surface area contributed by atoms with Crippen LogP contribution in [0.4, 0.5) is 22.0 Å². The van der Waals surface area contributed by atoms with Gasteiger partial charge in [-0.25, -0.2) is 0 Å². The fourth-order valence-corrected chi connectivity index (χ4v) is 1.91. The third kappa shape index (κ3) is 2.91. The van der Waals surface area contributed by atoms with Crippen LogP contribution in [0.3, 0.4) is 0 Å². The average molecular weight is 330 g/mol. The minimum absolute atomic E-state index is 0.0293. The van der Waals surface area contributed by atoms with E-state index in [0.717, 1.165) is 18.3 Å². The summed E-state index contributed by atoms with van der Waals surface area (Å²) in [5.74, 6) is -0.483. The van der Waals surface area contributed by atoms with Gasteiger partial charge in [0, 0.05) is 11.8 Å². The molecule has 0 aliphatic carbocycles. The van der Waals surface area contributed by atoms with E-state index in [2.05, 4.69) is 15.3 Å². The summed E-state index contributed by atoms with van der Waals surface area (Å²) in [5.41, 5.74) is -0.986. The lowest BCUT2D eigenvalue weighted by atomic mass is 10.1. The van der Waals surface area contributed by atoms with Gasteiger partial charge in [0.25, 0.3) is 5.89 Å². The van der Waals surface area contributed by atoms with E-state index in [9.17, 15) is 22.0 Å². The van der Waals surface area contributed by atoms with Crippen molar-refractivity contribution < 1.29 is 26.4 Å². The van der Waals surface area contributed by atoms with Crippen LogP contribution in [-0.2, 0) is 6.18 Å². The minimum Gasteiger partial charge on any atom is -0.415 e. The first-order chi connectivity index (χ1) is 10.9. The Kier molecular flexibility index (Phi) is 3.58. The fourth-order valence-electron chi connectivity index (χ4n) is 1.91. The largest absolute Gasteiger partial charge is 0.416 e. The predicted octanol–water partition coefficient (Wildman–Crippen LogP) is 4.01. The topological polar surface area (TPSA) is 56.7 Å². The number of rotatable bonds is 3. The Morgan fingerprint density at radius 2 is 1.78 bits per heavy atom. The number of hydrogen-bond donors (Lipinski definition) is 0. The van der Waals surface area contributed by atoms with Gasteiger partial charge in [0.15, 0.2) is 0 Å². The number of nitrogens with zero attached hydrogens (tertiary/aromatic N) is 4. The molecule has 0 saturated carbocycles. The Morgan fingerprint density at radius 1 is 1.04 bits per heavy atom. The van der Waals surface area contributed by atoms with Crippen molar-refractivity contribution in [3.63, 3.8) is 0 Å². The highest BCUT2D eigenvalue weighted by Crippen LogP contribution is 2.32. The molecule has 23 heavy (non-hydrogen) atoms. The molecular formula is C13H7F5N4O. The molecule has 0 atom stereocenters. The van der Waals surface area contributed by atoms with E-state index in [-0.39, 0.29) is 23.0 Å². The monoisotopic (exact) mass is 330 g/mol. The van der Waals surface area contributed by atoms with Crippen molar-refractivity contribution in [3.05, 3.63) is 42.1 Å². The molecule has 3 aromatic rings. The third-order valence-corrected chi connectivity index (χ3v) is 2.94. The fraction of sp³-hybridized carbons (Fsp3) is 0.154. The molecule has 2 aromatic heterocycles. The van der Waals surface area contributed by atoms with Crippen LogP contribution in [0.1, 0.15) is 12.1 Å². The van der Waals surface area contributed by atoms with E-state index in [4.69, 9.17) is 4.42 Å². The van der Waals surface area contributed by atoms with Gasteiger partial charge in [0.2, 0.25) is 5.89 Å². The summed E-state index contributed by atoms with van der Waals surface area (Å²) < 4.78 is 69.1. The van der Waals surface area contributed by atoms with Crippen LogP contribution >= 0.6 is 0 Å². The van der Waals surface area contributed by atoms with Crippen molar-refractivity contribution in [2.45, 2.75) is 12.7 Å². The van der Waals surface area contributed by atoms with Crippen molar-refractivity contribution in [3.8, 4) is 23.0 Å². The summed E-state index contributed by atoms with van der Waals surface area (Å²) in [6, 6.07) is 5.49. The van der Waals surface area contributed by atoms with Gasteiger partial charge in [0.05, 0.1) is 5.56 Å². The van der Waals surface area contributed by atoms with Gasteiger partial charge < -0.3 is 4.42 Å². The quantitative estimate of drug-likeness (QED) is 0.681. The zero-order chi connectivity index (χ0) is 16.6.